The Kier molecular flexibility index (Phi) is 4.13. The maximum atomic E-state index is 11.2. The minimum Gasteiger partial charge on any atom is -0.364 e. The van der Waals surface area contributed by atoms with Gasteiger partial charge in [0.2, 0.25) is 0 Å². The molecule has 0 saturated carbocycles. The van der Waals surface area contributed by atoms with E-state index in [1.807, 2.05) is 44.2 Å². The maximum Gasteiger partial charge on any atom is 0.269 e. The fourth-order valence-corrected chi connectivity index (χ4v) is 2.35. The van der Waals surface area contributed by atoms with Gasteiger partial charge in [0.15, 0.2) is 0 Å². The molecule has 2 heterocycles. The van der Waals surface area contributed by atoms with Gasteiger partial charge in [0.05, 0.1) is 5.69 Å². The van der Waals surface area contributed by atoms with Crippen LogP contribution in [0.25, 0.3) is 5.69 Å². The molecule has 5 nitrogen and oxygen atoms in total. The zero-order chi connectivity index (χ0) is 17.1. The first-order chi connectivity index (χ1) is 11.6. The van der Waals surface area contributed by atoms with E-state index in [2.05, 4.69) is 21.9 Å². The molecule has 0 bridgehead atoms. The van der Waals surface area contributed by atoms with Crippen molar-refractivity contribution in [1.29, 1.82) is 0 Å². The normalized spacial score (nSPS) is 10.1. The van der Waals surface area contributed by atoms with E-state index in [1.54, 1.807) is 23.1 Å². The summed E-state index contributed by atoms with van der Waals surface area (Å²) in [6.07, 6.45) is 3.44. The van der Waals surface area contributed by atoms with Crippen LogP contribution in [0.3, 0.4) is 0 Å². The van der Waals surface area contributed by atoms with Crippen molar-refractivity contribution >= 4 is 5.91 Å². The number of amides is 1. The number of nitrogens with zero attached hydrogens (tertiary/aromatic N) is 3. The minimum atomic E-state index is -0.541. The van der Waals surface area contributed by atoms with Crippen molar-refractivity contribution in [3.05, 3.63) is 76.9 Å². The first kappa shape index (κ1) is 15.5. The van der Waals surface area contributed by atoms with E-state index in [0.717, 1.165) is 28.1 Å². The molecule has 3 aromatic rings. The summed E-state index contributed by atoms with van der Waals surface area (Å²) in [4.78, 5) is 15.4. The lowest BCUT2D eigenvalue weighted by atomic mass is 10.0. The molecule has 3 rings (SSSR count). The number of nitrogens with two attached hydrogens (primary N) is 1. The smallest absolute Gasteiger partial charge is 0.269 e. The lowest BCUT2D eigenvalue weighted by molar-refractivity contribution is 0.0995. The highest BCUT2D eigenvalue weighted by molar-refractivity contribution is 5.90. The van der Waals surface area contributed by atoms with Gasteiger partial charge in [0.1, 0.15) is 11.4 Å². The zero-order valence-corrected chi connectivity index (χ0v) is 13.4. The zero-order valence-electron chi connectivity index (χ0n) is 13.4. The van der Waals surface area contributed by atoms with Gasteiger partial charge in [-0.15, -0.1) is 0 Å². The SMILES string of the molecule is Cc1c(C#Cc2ccccn2)ccc(-n2ccc(C(N)=O)n2)c1C. The van der Waals surface area contributed by atoms with Crippen LogP contribution in [0.15, 0.2) is 48.8 Å². The highest BCUT2D eigenvalue weighted by Gasteiger charge is 2.10. The van der Waals surface area contributed by atoms with Crippen molar-refractivity contribution in [3.8, 4) is 17.5 Å². The van der Waals surface area contributed by atoms with Crippen LogP contribution in [-0.2, 0) is 0 Å². The second-order valence-corrected chi connectivity index (χ2v) is 5.36. The molecule has 0 spiro atoms. The van der Waals surface area contributed by atoms with Gasteiger partial charge in [-0.2, -0.15) is 5.10 Å². The molecule has 2 aromatic heterocycles. The molecule has 0 saturated heterocycles. The van der Waals surface area contributed by atoms with Gasteiger partial charge in [0, 0.05) is 18.0 Å². The van der Waals surface area contributed by atoms with E-state index in [9.17, 15) is 4.79 Å². The van der Waals surface area contributed by atoms with E-state index in [0.29, 0.717) is 0 Å². The van der Waals surface area contributed by atoms with Crippen molar-refractivity contribution in [3.63, 3.8) is 0 Å². The number of carbonyl (C=O) groups excluding carboxylic acids is 1. The van der Waals surface area contributed by atoms with Crippen LogP contribution in [0.4, 0.5) is 0 Å². The Labute approximate surface area is 140 Å². The Morgan fingerprint density at radius 1 is 1.08 bits per heavy atom. The molecule has 0 aliphatic carbocycles. The Morgan fingerprint density at radius 3 is 2.58 bits per heavy atom. The summed E-state index contributed by atoms with van der Waals surface area (Å²) < 4.78 is 1.65. The van der Waals surface area contributed by atoms with Gasteiger partial charge >= 0.3 is 0 Å². The van der Waals surface area contributed by atoms with Crippen LogP contribution in [-0.4, -0.2) is 20.7 Å². The Hall–Kier alpha value is -3.39. The molecule has 0 unspecified atom stereocenters. The fraction of sp³-hybridized carbons (Fsp3) is 0.105. The van der Waals surface area contributed by atoms with Gasteiger partial charge in [-0.05, 0) is 61.2 Å². The first-order valence-electron chi connectivity index (χ1n) is 7.45. The van der Waals surface area contributed by atoms with Gasteiger partial charge < -0.3 is 5.73 Å². The average Bonchev–Trinajstić information content (AvgIpc) is 3.07. The monoisotopic (exact) mass is 316 g/mol. The van der Waals surface area contributed by atoms with E-state index in [4.69, 9.17) is 5.73 Å². The number of hydrogen-bond donors (Lipinski definition) is 1. The predicted molar refractivity (Wildman–Crippen MR) is 91.8 cm³/mol. The second-order valence-electron chi connectivity index (χ2n) is 5.36. The summed E-state index contributed by atoms with van der Waals surface area (Å²) in [7, 11) is 0. The lowest BCUT2D eigenvalue weighted by Crippen LogP contribution is -2.12. The molecule has 118 valence electrons. The Bertz CT molecular complexity index is 962. The van der Waals surface area contributed by atoms with Gasteiger partial charge in [0.25, 0.3) is 5.91 Å². The molecule has 1 aromatic carbocycles. The molecule has 5 heteroatoms. The number of carbonyl (C=O) groups is 1. The number of pyridine rings is 1. The van der Waals surface area contributed by atoms with Crippen LogP contribution >= 0.6 is 0 Å². The van der Waals surface area contributed by atoms with Gasteiger partial charge in [-0.3, -0.25) is 4.79 Å². The van der Waals surface area contributed by atoms with E-state index in [1.165, 1.54) is 0 Å². The Morgan fingerprint density at radius 2 is 1.92 bits per heavy atom. The van der Waals surface area contributed by atoms with Gasteiger partial charge in [-0.25, -0.2) is 9.67 Å². The van der Waals surface area contributed by atoms with E-state index in [-0.39, 0.29) is 5.69 Å². The summed E-state index contributed by atoms with van der Waals surface area (Å²) >= 11 is 0. The topological polar surface area (TPSA) is 73.8 Å². The molecule has 1 amide bonds. The molecule has 24 heavy (non-hydrogen) atoms. The number of rotatable bonds is 2. The van der Waals surface area contributed by atoms with E-state index < -0.39 is 5.91 Å². The molecular formula is C19H16N4O. The van der Waals surface area contributed by atoms with E-state index >= 15 is 0 Å². The van der Waals surface area contributed by atoms with Crippen molar-refractivity contribution < 1.29 is 4.79 Å². The highest BCUT2D eigenvalue weighted by atomic mass is 16.1. The number of aromatic nitrogens is 3. The summed E-state index contributed by atoms with van der Waals surface area (Å²) in [6.45, 7) is 4.02. The standard InChI is InChI=1S/C19H16N4O/c1-13-14(2)18(23-12-10-17(22-23)19(20)24)9-7-15(13)6-8-16-5-3-4-11-21-16/h3-5,7,9-12H,1-2H3,(H2,20,24). The summed E-state index contributed by atoms with van der Waals surface area (Å²) in [5.41, 5.74) is 10.2. The van der Waals surface area contributed by atoms with Crippen molar-refractivity contribution in [2.45, 2.75) is 13.8 Å². The number of primary amides is 1. The molecule has 0 atom stereocenters. The summed E-state index contributed by atoms with van der Waals surface area (Å²) in [5, 5.41) is 4.20. The third-order valence-corrected chi connectivity index (χ3v) is 3.84. The van der Waals surface area contributed by atoms with Gasteiger partial charge in [-0.1, -0.05) is 12.0 Å². The average molecular weight is 316 g/mol. The van der Waals surface area contributed by atoms with Crippen molar-refractivity contribution in [2.75, 3.05) is 0 Å². The summed E-state index contributed by atoms with van der Waals surface area (Å²) in [5.74, 6) is 5.68. The van der Waals surface area contributed by atoms with Crippen LogP contribution in [0.5, 0.6) is 0 Å². The highest BCUT2D eigenvalue weighted by Crippen LogP contribution is 2.20. The lowest BCUT2D eigenvalue weighted by Gasteiger charge is -2.10. The number of benzene rings is 1. The van der Waals surface area contributed by atoms with Crippen LogP contribution < -0.4 is 5.73 Å². The molecular weight excluding hydrogens is 300 g/mol. The minimum absolute atomic E-state index is 0.242. The third kappa shape index (κ3) is 3.03. The second kappa shape index (κ2) is 6.39. The van der Waals surface area contributed by atoms with Crippen LogP contribution in [0, 0.1) is 25.7 Å². The predicted octanol–water partition coefficient (Wildman–Crippen LogP) is 2.38. The first-order valence-corrected chi connectivity index (χ1v) is 7.45. The largest absolute Gasteiger partial charge is 0.364 e. The van der Waals surface area contributed by atoms with Crippen molar-refractivity contribution in [1.82, 2.24) is 14.8 Å². The molecule has 2 N–H and O–H groups in total. The Balaban J connectivity index is 1.97. The number of hydrogen-bond acceptors (Lipinski definition) is 3. The van der Waals surface area contributed by atoms with Crippen molar-refractivity contribution in [2.24, 2.45) is 5.73 Å². The third-order valence-electron chi connectivity index (χ3n) is 3.84. The molecule has 0 radical (unpaired) electrons. The van der Waals surface area contributed by atoms with Crippen LogP contribution in [0.2, 0.25) is 0 Å². The quantitative estimate of drug-likeness (QED) is 0.738. The molecule has 0 aliphatic heterocycles. The molecule has 0 aliphatic rings. The summed E-state index contributed by atoms with van der Waals surface area (Å²) in [6, 6.07) is 11.1. The van der Waals surface area contributed by atoms with Crippen LogP contribution in [0.1, 0.15) is 32.9 Å². The molecule has 0 fully saturated rings. The fourth-order valence-electron chi connectivity index (χ4n) is 2.35. The maximum absolute atomic E-state index is 11.2.